The van der Waals surface area contributed by atoms with Crippen LogP contribution in [0.1, 0.15) is 49.7 Å². The molecule has 1 heteroatoms. The van der Waals surface area contributed by atoms with Crippen molar-refractivity contribution in [1.29, 1.82) is 0 Å². The van der Waals surface area contributed by atoms with Crippen molar-refractivity contribution in [2.24, 2.45) is 5.41 Å². The molecule has 0 aromatic heterocycles. The summed E-state index contributed by atoms with van der Waals surface area (Å²) < 4.78 is 5.12. The van der Waals surface area contributed by atoms with Crippen LogP contribution in [-0.4, -0.2) is 7.11 Å². The Morgan fingerprint density at radius 2 is 1.09 bits per heavy atom. The highest BCUT2D eigenvalue weighted by Gasteiger charge is 2.31. The quantitative estimate of drug-likeness (QED) is 0.284. The van der Waals surface area contributed by atoms with E-state index in [4.69, 9.17) is 4.74 Å². The average molecular weight is 437 g/mol. The smallest absolute Gasteiger partial charge is 0.119 e. The van der Waals surface area contributed by atoms with Gasteiger partial charge in [-0.2, -0.15) is 0 Å². The van der Waals surface area contributed by atoms with E-state index in [1.54, 1.807) is 7.11 Å². The molecule has 1 aliphatic carbocycles. The van der Waals surface area contributed by atoms with Gasteiger partial charge in [-0.1, -0.05) is 117 Å². The molecule has 33 heavy (non-hydrogen) atoms. The van der Waals surface area contributed by atoms with Crippen LogP contribution in [0.3, 0.4) is 0 Å². The first kappa shape index (κ1) is 23.1. The summed E-state index contributed by atoms with van der Waals surface area (Å²) in [5, 5.41) is 2.47. The molecule has 4 aromatic rings. The summed E-state index contributed by atoms with van der Waals surface area (Å²) in [6, 6.07) is 36.5. The van der Waals surface area contributed by atoms with E-state index in [2.05, 4.69) is 78.9 Å². The monoisotopic (exact) mass is 436 g/mol. The highest BCUT2D eigenvalue weighted by molar-refractivity contribution is 5.83. The number of hydrogen-bond acceptors (Lipinski definition) is 1. The predicted octanol–water partition coefficient (Wildman–Crippen LogP) is 8.66. The van der Waals surface area contributed by atoms with Gasteiger partial charge in [-0.05, 0) is 65.1 Å². The molecule has 0 amide bonds. The summed E-state index contributed by atoms with van der Waals surface area (Å²) in [4.78, 5) is 0. The first-order chi connectivity index (χ1) is 16.3. The summed E-state index contributed by atoms with van der Waals surface area (Å²) >= 11 is 0. The number of rotatable bonds is 5. The molecule has 0 heterocycles. The van der Waals surface area contributed by atoms with Gasteiger partial charge in [0.15, 0.2) is 0 Å². The zero-order valence-electron chi connectivity index (χ0n) is 19.9. The van der Waals surface area contributed by atoms with E-state index in [0.717, 1.165) is 5.75 Å². The molecule has 0 unspecified atom stereocenters. The summed E-state index contributed by atoms with van der Waals surface area (Å²) in [6.45, 7) is 0. The van der Waals surface area contributed by atoms with E-state index in [1.807, 2.05) is 24.3 Å². The number of benzene rings is 4. The Morgan fingerprint density at radius 3 is 1.64 bits per heavy atom. The van der Waals surface area contributed by atoms with Crippen molar-refractivity contribution in [2.75, 3.05) is 7.11 Å². The van der Waals surface area contributed by atoms with Crippen LogP contribution in [-0.2, 0) is 12.8 Å². The molecule has 1 nitrogen and oxygen atoms in total. The molecular weight excluding hydrogens is 400 g/mol. The molecule has 0 radical (unpaired) electrons. The Bertz CT molecular complexity index is 1050. The van der Waals surface area contributed by atoms with E-state index in [1.165, 1.54) is 73.3 Å². The maximum atomic E-state index is 5.12. The van der Waals surface area contributed by atoms with Crippen molar-refractivity contribution in [3.8, 4) is 5.75 Å². The molecule has 4 aromatic carbocycles. The standard InChI is InChI=1S/C21H26.C11H10O/c1-2-10-16-21(15-9-1,17-19-11-5-3-6-12-19)18-20-13-7-4-8-14-20;1-12-11-7-6-9-4-2-3-5-10(9)8-11/h3-8,11-14H,1-2,9-10,15-18H2;2-8H,1H3. The Labute approximate surface area is 199 Å². The van der Waals surface area contributed by atoms with Gasteiger partial charge in [0.2, 0.25) is 0 Å². The summed E-state index contributed by atoms with van der Waals surface area (Å²) in [7, 11) is 1.68. The molecule has 170 valence electrons. The number of fused-ring (bicyclic) bond motifs is 1. The molecule has 0 saturated heterocycles. The third kappa shape index (κ3) is 6.71. The Balaban J connectivity index is 0.000000183. The zero-order valence-corrected chi connectivity index (χ0v) is 19.9. The minimum Gasteiger partial charge on any atom is -0.497 e. The molecular formula is C32H36O. The van der Waals surface area contributed by atoms with Gasteiger partial charge >= 0.3 is 0 Å². The summed E-state index contributed by atoms with van der Waals surface area (Å²) in [5.74, 6) is 0.911. The largest absolute Gasteiger partial charge is 0.497 e. The van der Waals surface area contributed by atoms with Crippen LogP contribution in [0.25, 0.3) is 10.8 Å². The minimum absolute atomic E-state index is 0.471. The molecule has 0 spiro atoms. The van der Waals surface area contributed by atoms with Crippen LogP contribution < -0.4 is 4.74 Å². The van der Waals surface area contributed by atoms with Crippen LogP contribution in [0.5, 0.6) is 5.75 Å². The third-order valence-corrected chi connectivity index (χ3v) is 6.96. The number of ether oxygens (including phenoxy) is 1. The highest BCUT2D eigenvalue weighted by Crippen LogP contribution is 2.41. The van der Waals surface area contributed by atoms with Gasteiger partial charge in [0.25, 0.3) is 0 Å². The third-order valence-electron chi connectivity index (χ3n) is 6.96. The molecule has 0 aliphatic heterocycles. The number of hydrogen-bond donors (Lipinski definition) is 0. The fraction of sp³-hybridized carbons (Fsp3) is 0.312. The van der Waals surface area contributed by atoms with Crippen LogP contribution in [0.2, 0.25) is 0 Å². The van der Waals surface area contributed by atoms with Crippen LogP contribution in [0.15, 0.2) is 103 Å². The van der Waals surface area contributed by atoms with Crippen LogP contribution in [0, 0.1) is 5.41 Å². The maximum absolute atomic E-state index is 5.12. The summed E-state index contributed by atoms with van der Waals surface area (Å²) in [6.07, 6.45) is 10.9. The molecule has 1 fully saturated rings. The van der Waals surface area contributed by atoms with E-state index in [9.17, 15) is 0 Å². The first-order valence-corrected chi connectivity index (χ1v) is 12.4. The second-order valence-corrected chi connectivity index (χ2v) is 9.45. The van der Waals surface area contributed by atoms with E-state index in [-0.39, 0.29) is 0 Å². The molecule has 0 N–H and O–H groups in total. The second kappa shape index (κ2) is 11.7. The van der Waals surface area contributed by atoms with Crippen molar-refractivity contribution >= 4 is 10.8 Å². The van der Waals surface area contributed by atoms with E-state index >= 15 is 0 Å². The lowest BCUT2D eigenvalue weighted by atomic mass is 9.71. The zero-order chi connectivity index (χ0) is 22.8. The first-order valence-electron chi connectivity index (χ1n) is 12.4. The molecule has 5 rings (SSSR count). The Hall–Kier alpha value is -3.06. The molecule has 1 saturated carbocycles. The van der Waals surface area contributed by atoms with Gasteiger partial charge in [0.05, 0.1) is 7.11 Å². The normalized spacial score (nSPS) is 15.2. The molecule has 1 aliphatic rings. The number of methoxy groups -OCH3 is 1. The van der Waals surface area contributed by atoms with Crippen molar-refractivity contribution in [3.63, 3.8) is 0 Å². The Morgan fingerprint density at radius 1 is 0.576 bits per heavy atom. The van der Waals surface area contributed by atoms with Crippen LogP contribution in [0.4, 0.5) is 0 Å². The van der Waals surface area contributed by atoms with Crippen molar-refractivity contribution < 1.29 is 4.74 Å². The lowest BCUT2D eigenvalue weighted by Crippen LogP contribution is -2.26. The highest BCUT2D eigenvalue weighted by atomic mass is 16.5. The van der Waals surface area contributed by atoms with Crippen LogP contribution >= 0.6 is 0 Å². The molecule has 0 bridgehead atoms. The Kier molecular flexibility index (Phi) is 8.19. The van der Waals surface area contributed by atoms with Gasteiger partial charge in [-0.3, -0.25) is 0 Å². The van der Waals surface area contributed by atoms with Gasteiger partial charge < -0.3 is 4.74 Å². The van der Waals surface area contributed by atoms with Gasteiger partial charge in [-0.15, -0.1) is 0 Å². The van der Waals surface area contributed by atoms with Gasteiger partial charge in [-0.25, -0.2) is 0 Å². The second-order valence-electron chi connectivity index (χ2n) is 9.45. The predicted molar refractivity (Wildman–Crippen MR) is 141 cm³/mol. The fourth-order valence-corrected chi connectivity index (χ4v) is 5.25. The maximum Gasteiger partial charge on any atom is 0.119 e. The topological polar surface area (TPSA) is 9.23 Å². The minimum atomic E-state index is 0.471. The van der Waals surface area contributed by atoms with Crippen molar-refractivity contribution in [2.45, 2.75) is 51.4 Å². The fourth-order valence-electron chi connectivity index (χ4n) is 5.25. The lowest BCUT2D eigenvalue weighted by Gasteiger charge is -2.33. The molecule has 0 atom stereocenters. The van der Waals surface area contributed by atoms with E-state index in [0.29, 0.717) is 5.41 Å². The van der Waals surface area contributed by atoms with E-state index < -0.39 is 0 Å². The van der Waals surface area contributed by atoms with Gasteiger partial charge in [0.1, 0.15) is 5.75 Å². The lowest BCUT2D eigenvalue weighted by molar-refractivity contribution is 0.239. The SMILES string of the molecule is COc1ccc2ccccc2c1.c1ccc(CC2(Cc3ccccc3)CCCCCC2)cc1. The average Bonchev–Trinajstić information content (AvgIpc) is 3.10. The van der Waals surface area contributed by atoms with Gasteiger partial charge in [0, 0.05) is 0 Å². The van der Waals surface area contributed by atoms with Crippen molar-refractivity contribution in [1.82, 2.24) is 0 Å². The van der Waals surface area contributed by atoms with Crippen molar-refractivity contribution in [3.05, 3.63) is 114 Å². The summed E-state index contributed by atoms with van der Waals surface area (Å²) in [5.41, 5.74) is 3.49.